The van der Waals surface area contributed by atoms with Crippen LogP contribution in [0.15, 0.2) is 42.9 Å². The van der Waals surface area contributed by atoms with Gasteiger partial charge in [-0.25, -0.2) is 22.7 Å². The fourth-order valence-electron chi connectivity index (χ4n) is 9.60. The molecule has 1 saturated carbocycles. The van der Waals surface area contributed by atoms with Gasteiger partial charge in [0.15, 0.2) is 11.3 Å². The molecule has 20 heteroatoms. The molecule has 7 heterocycles. The number of aryl methyl sites for hydroxylation is 1. The van der Waals surface area contributed by atoms with Crippen LogP contribution in [0.3, 0.4) is 0 Å². The van der Waals surface area contributed by atoms with Crippen LogP contribution >= 0.6 is 0 Å². The fourth-order valence-corrected chi connectivity index (χ4v) is 9.60. The zero-order valence-corrected chi connectivity index (χ0v) is 35.8. The highest BCUT2D eigenvalue weighted by Crippen LogP contribution is 2.36. The van der Waals surface area contributed by atoms with E-state index < -0.39 is 36.2 Å². The number of morpholine rings is 1. The van der Waals surface area contributed by atoms with Gasteiger partial charge in [0.2, 0.25) is 11.8 Å². The molecule has 3 saturated heterocycles. The van der Waals surface area contributed by atoms with Gasteiger partial charge in [-0.05, 0) is 56.6 Å². The average Bonchev–Trinajstić information content (AvgIpc) is 4.02. The van der Waals surface area contributed by atoms with Crippen LogP contribution in [0.2, 0.25) is 0 Å². The van der Waals surface area contributed by atoms with E-state index in [1.807, 2.05) is 23.1 Å². The summed E-state index contributed by atoms with van der Waals surface area (Å²) in [5.41, 5.74) is 1.87. The summed E-state index contributed by atoms with van der Waals surface area (Å²) >= 11 is 0. The van der Waals surface area contributed by atoms with Gasteiger partial charge in [-0.3, -0.25) is 34.0 Å². The van der Waals surface area contributed by atoms with E-state index in [2.05, 4.69) is 53.7 Å². The molecule has 0 spiro atoms. The van der Waals surface area contributed by atoms with Crippen molar-refractivity contribution in [3.63, 3.8) is 0 Å². The minimum absolute atomic E-state index is 0.0511. The minimum Gasteiger partial charge on any atom is -0.373 e. The number of amides is 3. The fraction of sp³-hybridized carbons (Fsp3) is 0.511. The molecule has 4 atom stereocenters. The number of nitriles is 1. The SMILES string of the molecule is Cn1nc(C2CCC(=O)NC2=O)c2cccc(C#CCO[C@H]3CCN(CC4CCC(n5cc(NC(=O)c6cnn7ccc(N8CCOC(CC#N)C8)nc67)c(C(F)F)n5)CC4)C[C@H]3F)c21. The molecule has 17 nitrogen and oxygen atoms in total. The Morgan fingerprint density at radius 1 is 1.09 bits per heavy atom. The number of nitrogens with one attached hydrogen (secondary N) is 2. The summed E-state index contributed by atoms with van der Waals surface area (Å²) in [7, 11) is 1.79. The highest BCUT2D eigenvalue weighted by molar-refractivity contribution is 6.08. The van der Waals surface area contributed by atoms with Crippen molar-refractivity contribution in [3.05, 3.63) is 65.4 Å². The Balaban J connectivity index is 0.756. The van der Waals surface area contributed by atoms with Crippen LogP contribution in [0.1, 0.15) is 97.1 Å². The van der Waals surface area contributed by atoms with E-state index in [1.54, 1.807) is 24.0 Å². The minimum atomic E-state index is -2.92. The lowest BCUT2D eigenvalue weighted by Gasteiger charge is -2.38. The van der Waals surface area contributed by atoms with Crippen molar-refractivity contribution >= 4 is 45.8 Å². The number of alkyl halides is 3. The van der Waals surface area contributed by atoms with Crippen LogP contribution in [-0.4, -0.2) is 121 Å². The number of anilines is 2. The number of imide groups is 1. The Bertz CT molecular complexity index is 2690. The smallest absolute Gasteiger partial charge is 0.284 e. The summed E-state index contributed by atoms with van der Waals surface area (Å²) < 4.78 is 60.4. The van der Waals surface area contributed by atoms with E-state index >= 15 is 4.39 Å². The van der Waals surface area contributed by atoms with Gasteiger partial charge in [0.1, 0.15) is 24.2 Å². The van der Waals surface area contributed by atoms with Gasteiger partial charge < -0.3 is 19.7 Å². The molecule has 2 unspecified atom stereocenters. The Labute approximate surface area is 372 Å². The second kappa shape index (κ2) is 19.0. The van der Waals surface area contributed by atoms with Gasteiger partial charge in [-0.1, -0.05) is 24.0 Å². The quantitative estimate of drug-likeness (QED) is 0.136. The maximum absolute atomic E-state index is 15.5. The summed E-state index contributed by atoms with van der Waals surface area (Å²) in [6.45, 7) is 3.13. The summed E-state index contributed by atoms with van der Waals surface area (Å²) in [5.74, 6) is 5.26. The van der Waals surface area contributed by atoms with Gasteiger partial charge in [-0.15, -0.1) is 0 Å². The van der Waals surface area contributed by atoms with E-state index in [4.69, 9.17) is 14.7 Å². The lowest BCUT2D eigenvalue weighted by molar-refractivity contribution is -0.134. The molecule has 0 bridgehead atoms. The molecule has 0 radical (unpaired) electrons. The second-order valence-electron chi connectivity index (χ2n) is 17.2. The third-order valence-corrected chi connectivity index (χ3v) is 12.9. The monoisotopic (exact) mass is 894 g/mol. The van der Waals surface area contributed by atoms with E-state index in [1.165, 1.54) is 21.6 Å². The number of piperidine rings is 2. The number of benzene rings is 1. The number of ether oxygens (including phenoxy) is 2. The van der Waals surface area contributed by atoms with Gasteiger partial charge in [0.25, 0.3) is 12.3 Å². The first kappa shape index (κ1) is 43.9. The van der Waals surface area contributed by atoms with Crippen LogP contribution < -0.4 is 15.5 Å². The number of rotatable bonds is 11. The number of carbonyl (C=O) groups excluding carboxylic acids is 3. The zero-order valence-electron chi connectivity index (χ0n) is 35.8. The van der Waals surface area contributed by atoms with Gasteiger partial charge in [-0.2, -0.15) is 20.6 Å². The maximum atomic E-state index is 15.5. The van der Waals surface area contributed by atoms with Crippen molar-refractivity contribution in [1.29, 1.82) is 5.26 Å². The maximum Gasteiger partial charge on any atom is 0.284 e. The Hall–Kier alpha value is -6.35. The molecule has 4 fully saturated rings. The summed E-state index contributed by atoms with van der Waals surface area (Å²) in [6.07, 6.45) is 3.97. The molecule has 65 heavy (non-hydrogen) atoms. The topological polar surface area (TPSA) is 190 Å². The highest BCUT2D eigenvalue weighted by Gasteiger charge is 2.34. The molecule has 3 aliphatic heterocycles. The Morgan fingerprint density at radius 3 is 2.72 bits per heavy atom. The Morgan fingerprint density at radius 2 is 1.94 bits per heavy atom. The third kappa shape index (κ3) is 9.42. The average molecular weight is 895 g/mol. The number of aromatic nitrogens is 7. The van der Waals surface area contributed by atoms with E-state index in [0.717, 1.165) is 30.3 Å². The number of likely N-dealkylation sites (tertiary alicyclic amines) is 1. The molecule has 1 aliphatic carbocycles. The van der Waals surface area contributed by atoms with Crippen molar-refractivity contribution in [2.45, 2.75) is 88.1 Å². The highest BCUT2D eigenvalue weighted by atomic mass is 19.3. The lowest BCUT2D eigenvalue weighted by atomic mass is 9.85. The second-order valence-corrected chi connectivity index (χ2v) is 17.2. The number of nitrogens with zero attached hydrogens (tertiary/aromatic N) is 10. The number of hydrogen-bond acceptors (Lipinski definition) is 12. The van der Waals surface area contributed by atoms with Crippen LogP contribution in [0.4, 0.5) is 24.7 Å². The molecule has 2 N–H and O–H groups in total. The van der Waals surface area contributed by atoms with E-state index in [9.17, 15) is 23.2 Å². The van der Waals surface area contributed by atoms with Gasteiger partial charge in [0.05, 0.1) is 71.9 Å². The number of fused-ring (bicyclic) bond motifs is 2. The zero-order chi connectivity index (χ0) is 45.2. The largest absolute Gasteiger partial charge is 0.373 e. The first-order chi connectivity index (χ1) is 31.5. The van der Waals surface area contributed by atoms with Crippen LogP contribution in [0.25, 0.3) is 16.6 Å². The molecule has 5 aromatic rings. The van der Waals surface area contributed by atoms with Crippen LogP contribution in [0.5, 0.6) is 0 Å². The lowest BCUT2D eigenvalue weighted by Crippen LogP contribution is -2.47. The van der Waals surface area contributed by atoms with Crippen molar-refractivity contribution < 1.29 is 37.0 Å². The summed E-state index contributed by atoms with van der Waals surface area (Å²) in [5, 5.41) is 28.0. The van der Waals surface area contributed by atoms with Crippen molar-refractivity contribution in [2.75, 3.05) is 56.2 Å². The molecule has 3 amide bonds. The van der Waals surface area contributed by atoms with Gasteiger partial charge in [0, 0.05) is 64.0 Å². The number of carbonyl (C=O) groups is 3. The van der Waals surface area contributed by atoms with Crippen molar-refractivity contribution in [1.82, 2.24) is 44.4 Å². The molecule has 340 valence electrons. The van der Waals surface area contributed by atoms with E-state index in [0.29, 0.717) is 74.9 Å². The molecular weight excluding hydrogens is 846 g/mol. The molecular formula is C45H49F3N12O5. The van der Waals surface area contributed by atoms with Gasteiger partial charge >= 0.3 is 0 Å². The third-order valence-electron chi connectivity index (χ3n) is 12.9. The molecule has 4 aliphatic rings. The first-order valence-electron chi connectivity index (χ1n) is 22.1. The molecule has 1 aromatic carbocycles. The van der Waals surface area contributed by atoms with Crippen molar-refractivity contribution in [3.8, 4) is 17.9 Å². The predicted molar refractivity (Wildman–Crippen MR) is 230 cm³/mol. The summed E-state index contributed by atoms with van der Waals surface area (Å²) in [4.78, 5) is 46.6. The summed E-state index contributed by atoms with van der Waals surface area (Å²) in [6, 6.07) is 9.35. The number of halogens is 3. The number of hydrogen-bond donors (Lipinski definition) is 2. The molecule has 4 aromatic heterocycles. The molecule has 9 rings (SSSR count). The normalized spacial score (nSPS) is 24.2. The predicted octanol–water partition coefficient (Wildman–Crippen LogP) is 4.85. The van der Waals surface area contributed by atoms with E-state index in [-0.39, 0.29) is 66.9 Å². The number of para-hydroxylation sites is 1. The standard InChI is InChI=1S/C45H49F3N12O5/c1-56-41-28(4-2-6-31(41)39(54-56)32-11-12-38(61)53-44(32)62)5-3-20-65-36-14-17-57(25-34(36)46)23-27-7-9-29(10-8-27)60-26-35(40(55-60)42(47)48)51-45(63)33-22-50-59-18-15-37(52-43(33)59)58-19-21-64-30(24-58)13-16-49/h2,4,6,15,18,22,26-27,29-30,32,34,36,42H,7-14,17,19-21,23-25H2,1H3,(H,51,63)(H,53,61,62)/t27?,29?,30?,32?,34-,36+/m1/s1. The van der Waals surface area contributed by atoms with Crippen molar-refractivity contribution in [2.24, 2.45) is 13.0 Å². The van der Waals surface area contributed by atoms with Crippen LogP contribution in [-0.2, 0) is 26.1 Å². The Kier molecular flexibility index (Phi) is 12.8. The first-order valence-corrected chi connectivity index (χ1v) is 22.1. The van der Waals surface area contributed by atoms with Crippen LogP contribution in [0, 0.1) is 29.1 Å².